The first-order chi connectivity index (χ1) is 11.9. The van der Waals surface area contributed by atoms with E-state index in [1.54, 1.807) is 25.1 Å². The van der Waals surface area contributed by atoms with Crippen molar-refractivity contribution in [3.8, 4) is 17.2 Å². The van der Waals surface area contributed by atoms with Gasteiger partial charge in [-0.25, -0.2) is 0 Å². The highest BCUT2D eigenvalue weighted by molar-refractivity contribution is 6.07. The Balaban J connectivity index is 2.32. The summed E-state index contributed by atoms with van der Waals surface area (Å²) in [4.78, 5) is 12.2. The van der Waals surface area contributed by atoms with Crippen LogP contribution in [0.15, 0.2) is 54.3 Å². The lowest BCUT2D eigenvalue weighted by Gasteiger charge is -2.12. The van der Waals surface area contributed by atoms with E-state index >= 15 is 0 Å². The number of ether oxygens (including phenoxy) is 1. The summed E-state index contributed by atoms with van der Waals surface area (Å²) in [5, 5.41) is 28.6. The fraction of sp³-hybridized carbons (Fsp3) is 0.150. The molecule has 5 nitrogen and oxygen atoms in total. The van der Waals surface area contributed by atoms with Gasteiger partial charge in [0.1, 0.15) is 17.2 Å². The van der Waals surface area contributed by atoms with Crippen molar-refractivity contribution in [1.82, 2.24) is 0 Å². The molecule has 0 heterocycles. The lowest BCUT2D eigenvalue weighted by molar-refractivity contribution is 0.104. The van der Waals surface area contributed by atoms with E-state index in [1.807, 2.05) is 0 Å². The highest BCUT2D eigenvalue weighted by Crippen LogP contribution is 2.33. The van der Waals surface area contributed by atoms with Crippen LogP contribution in [-0.2, 0) is 6.42 Å². The van der Waals surface area contributed by atoms with Gasteiger partial charge in [-0.3, -0.25) is 4.79 Å². The summed E-state index contributed by atoms with van der Waals surface area (Å²) in [6.07, 6.45) is 4.86. The largest absolute Gasteiger partial charge is 0.513 e. The Hall–Kier alpha value is -3.21. The minimum atomic E-state index is -0.220. The van der Waals surface area contributed by atoms with Gasteiger partial charge in [-0.05, 0) is 61.5 Å². The Morgan fingerprint density at radius 3 is 2.40 bits per heavy atom. The van der Waals surface area contributed by atoms with Crippen molar-refractivity contribution >= 4 is 11.9 Å². The molecular weight excluding hydrogens is 320 g/mol. The first kappa shape index (κ1) is 18.1. The van der Waals surface area contributed by atoms with Crippen molar-refractivity contribution in [2.75, 3.05) is 7.11 Å². The van der Waals surface area contributed by atoms with Crippen LogP contribution in [0.2, 0.25) is 0 Å². The van der Waals surface area contributed by atoms with Gasteiger partial charge in [0.15, 0.2) is 5.78 Å². The number of ketones is 1. The number of aromatic hydroxyl groups is 2. The summed E-state index contributed by atoms with van der Waals surface area (Å²) in [5.74, 6) is 0.508. The molecule has 0 aliphatic rings. The lowest BCUT2D eigenvalue weighted by atomic mass is 10.0. The second kappa shape index (κ2) is 8.06. The second-order valence-corrected chi connectivity index (χ2v) is 5.48. The normalized spacial score (nSPS) is 11.7. The molecule has 0 atom stereocenters. The van der Waals surface area contributed by atoms with Crippen LogP contribution in [0.5, 0.6) is 17.2 Å². The minimum Gasteiger partial charge on any atom is -0.513 e. The molecule has 0 radical (unpaired) electrons. The zero-order valence-electron chi connectivity index (χ0n) is 14.1. The molecule has 0 unspecified atom stereocenters. The third kappa shape index (κ3) is 4.64. The van der Waals surface area contributed by atoms with Gasteiger partial charge >= 0.3 is 0 Å². The molecule has 0 saturated carbocycles. The highest BCUT2D eigenvalue weighted by atomic mass is 16.5. The maximum atomic E-state index is 12.2. The molecule has 3 N–H and O–H groups in total. The van der Waals surface area contributed by atoms with Crippen molar-refractivity contribution in [2.45, 2.75) is 13.3 Å². The molecule has 0 amide bonds. The number of phenolic OH excluding ortho intramolecular Hbond substituents is 2. The Morgan fingerprint density at radius 1 is 1.12 bits per heavy atom. The molecule has 0 fully saturated rings. The first-order valence-corrected chi connectivity index (χ1v) is 7.68. The van der Waals surface area contributed by atoms with Crippen molar-refractivity contribution in [2.24, 2.45) is 0 Å². The number of phenols is 2. The molecule has 2 aromatic carbocycles. The van der Waals surface area contributed by atoms with E-state index in [2.05, 4.69) is 0 Å². The number of carbonyl (C=O) groups is 1. The Bertz CT molecular complexity index is 813. The molecular formula is C20H20O5. The summed E-state index contributed by atoms with van der Waals surface area (Å²) in [7, 11) is 1.48. The van der Waals surface area contributed by atoms with Gasteiger partial charge in [0.2, 0.25) is 0 Å². The SMILES string of the molecule is COc1c(/C=C/C(=O)c2ccc(O)cc2)ccc(O)c1C/C=C(\C)O. The molecule has 0 aromatic heterocycles. The number of aliphatic hydroxyl groups excluding tert-OH is 1. The zero-order valence-corrected chi connectivity index (χ0v) is 14.1. The van der Waals surface area contributed by atoms with Crippen LogP contribution in [0, 0.1) is 0 Å². The van der Waals surface area contributed by atoms with E-state index in [4.69, 9.17) is 4.74 Å². The van der Waals surface area contributed by atoms with Gasteiger partial charge in [0.25, 0.3) is 0 Å². The number of carbonyl (C=O) groups excluding carboxylic acids is 1. The van der Waals surface area contributed by atoms with Crippen LogP contribution in [0.1, 0.15) is 28.4 Å². The summed E-state index contributed by atoms with van der Waals surface area (Å²) < 4.78 is 5.38. The predicted octanol–water partition coefficient (Wildman–Crippen LogP) is 4.01. The average molecular weight is 340 g/mol. The number of rotatable bonds is 6. The molecule has 0 saturated heterocycles. The third-order valence-electron chi connectivity index (χ3n) is 3.64. The van der Waals surface area contributed by atoms with E-state index in [-0.39, 0.29) is 23.0 Å². The van der Waals surface area contributed by atoms with Crippen LogP contribution >= 0.6 is 0 Å². The van der Waals surface area contributed by atoms with Gasteiger partial charge in [-0.1, -0.05) is 0 Å². The standard InChI is InChI=1S/C20H20O5/c1-13(21)3-10-17-19(24)12-7-15(20(17)25-2)6-11-18(23)14-4-8-16(22)9-5-14/h3-9,11-12,21-22,24H,10H2,1-2H3/b11-6+,13-3+. The maximum absolute atomic E-state index is 12.2. The Kier molecular flexibility index (Phi) is 5.84. The molecule has 25 heavy (non-hydrogen) atoms. The fourth-order valence-electron chi connectivity index (χ4n) is 2.34. The van der Waals surface area contributed by atoms with Crippen molar-refractivity contribution in [3.63, 3.8) is 0 Å². The number of allylic oxidation sites excluding steroid dienone is 3. The first-order valence-electron chi connectivity index (χ1n) is 7.68. The molecule has 130 valence electrons. The van der Waals surface area contributed by atoms with Crippen LogP contribution in [0.3, 0.4) is 0 Å². The topological polar surface area (TPSA) is 87.0 Å². The van der Waals surface area contributed by atoms with Gasteiger partial charge in [0.05, 0.1) is 12.9 Å². The number of hydrogen-bond donors (Lipinski definition) is 3. The average Bonchev–Trinajstić information content (AvgIpc) is 2.59. The van der Waals surface area contributed by atoms with Crippen molar-refractivity contribution < 1.29 is 24.9 Å². The Morgan fingerprint density at radius 2 is 1.80 bits per heavy atom. The minimum absolute atomic E-state index is 0.0522. The number of methoxy groups -OCH3 is 1. The van der Waals surface area contributed by atoms with E-state index < -0.39 is 0 Å². The van der Waals surface area contributed by atoms with Crippen LogP contribution in [-0.4, -0.2) is 28.2 Å². The maximum Gasteiger partial charge on any atom is 0.185 e. The molecule has 0 bridgehead atoms. The molecule has 2 rings (SSSR count). The Labute approximate surface area is 146 Å². The van der Waals surface area contributed by atoms with Gasteiger partial charge in [0, 0.05) is 23.1 Å². The highest BCUT2D eigenvalue weighted by Gasteiger charge is 2.12. The fourth-order valence-corrected chi connectivity index (χ4v) is 2.34. The quantitative estimate of drug-likeness (QED) is 0.420. The van der Waals surface area contributed by atoms with Crippen LogP contribution in [0.25, 0.3) is 6.08 Å². The zero-order chi connectivity index (χ0) is 18.4. The summed E-state index contributed by atoms with van der Waals surface area (Å²) >= 11 is 0. The van der Waals surface area contributed by atoms with Crippen molar-refractivity contribution in [3.05, 3.63) is 71.0 Å². The smallest absolute Gasteiger partial charge is 0.185 e. The predicted molar refractivity (Wildman–Crippen MR) is 96.2 cm³/mol. The summed E-state index contributed by atoms with van der Waals surface area (Å²) in [6, 6.07) is 9.14. The van der Waals surface area contributed by atoms with Gasteiger partial charge in [-0.2, -0.15) is 0 Å². The molecule has 2 aromatic rings. The summed E-state index contributed by atoms with van der Waals surface area (Å²) in [5.41, 5.74) is 1.60. The molecule has 5 heteroatoms. The van der Waals surface area contributed by atoms with Gasteiger partial charge in [-0.15, -0.1) is 0 Å². The number of aliphatic hydroxyl groups is 1. The number of benzene rings is 2. The van der Waals surface area contributed by atoms with E-state index in [1.165, 1.54) is 43.5 Å². The molecule has 0 aliphatic heterocycles. The monoisotopic (exact) mass is 340 g/mol. The summed E-state index contributed by atoms with van der Waals surface area (Å²) in [6.45, 7) is 1.55. The van der Waals surface area contributed by atoms with Crippen LogP contribution in [0.4, 0.5) is 0 Å². The lowest BCUT2D eigenvalue weighted by Crippen LogP contribution is -1.97. The molecule has 0 aliphatic carbocycles. The molecule has 0 spiro atoms. The van der Waals surface area contributed by atoms with Crippen molar-refractivity contribution in [1.29, 1.82) is 0 Å². The van der Waals surface area contributed by atoms with Crippen LogP contribution < -0.4 is 4.74 Å². The second-order valence-electron chi connectivity index (χ2n) is 5.48. The third-order valence-corrected chi connectivity index (χ3v) is 3.64. The van der Waals surface area contributed by atoms with Gasteiger partial charge < -0.3 is 20.1 Å². The van der Waals surface area contributed by atoms with E-state index in [0.29, 0.717) is 28.9 Å². The number of hydrogen-bond acceptors (Lipinski definition) is 5. The van der Waals surface area contributed by atoms with E-state index in [0.717, 1.165) is 0 Å². The van der Waals surface area contributed by atoms with E-state index in [9.17, 15) is 20.1 Å².